The van der Waals surface area contributed by atoms with Gasteiger partial charge in [0.1, 0.15) is 23.4 Å². The van der Waals surface area contributed by atoms with E-state index in [2.05, 4.69) is 20.3 Å². The number of rotatable bonds is 6. The predicted octanol–water partition coefficient (Wildman–Crippen LogP) is 2.60. The van der Waals surface area contributed by atoms with Crippen LogP contribution in [-0.2, 0) is 6.54 Å². The number of ether oxygens (including phenoxy) is 2. The summed E-state index contributed by atoms with van der Waals surface area (Å²) in [6.07, 6.45) is 5.92. The van der Waals surface area contributed by atoms with Crippen LogP contribution in [0.25, 0.3) is 0 Å². The molecule has 0 saturated carbocycles. The summed E-state index contributed by atoms with van der Waals surface area (Å²) in [5.74, 6) is 1.11. The fraction of sp³-hybridized carbons (Fsp3) is 0.111. The maximum Gasteiger partial charge on any atom is 0.258 e. The number of methoxy groups -OCH3 is 1. The van der Waals surface area contributed by atoms with Crippen molar-refractivity contribution in [3.05, 3.63) is 72.4 Å². The minimum Gasteiger partial charge on any atom is -0.497 e. The Morgan fingerprint density at radius 2 is 1.92 bits per heavy atom. The summed E-state index contributed by atoms with van der Waals surface area (Å²) in [5.41, 5.74) is 1.19. The first-order chi connectivity index (χ1) is 12.3. The van der Waals surface area contributed by atoms with Crippen molar-refractivity contribution in [2.45, 2.75) is 6.54 Å². The van der Waals surface area contributed by atoms with E-state index in [1.165, 1.54) is 12.5 Å². The molecule has 25 heavy (non-hydrogen) atoms. The van der Waals surface area contributed by atoms with Crippen molar-refractivity contribution in [2.24, 2.45) is 0 Å². The first-order valence-electron chi connectivity index (χ1n) is 7.55. The van der Waals surface area contributed by atoms with Gasteiger partial charge in [0.2, 0.25) is 5.88 Å². The van der Waals surface area contributed by atoms with E-state index in [1.54, 1.807) is 31.6 Å². The number of nitrogens with one attached hydrogen (secondary N) is 1. The number of benzene rings is 1. The molecule has 0 saturated heterocycles. The second-order valence-electron chi connectivity index (χ2n) is 5.06. The number of pyridine rings is 1. The van der Waals surface area contributed by atoms with Gasteiger partial charge in [-0.25, -0.2) is 9.97 Å². The van der Waals surface area contributed by atoms with Gasteiger partial charge in [-0.3, -0.25) is 9.78 Å². The van der Waals surface area contributed by atoms with Crippen LogP contribution >= 0.6 is 0 Å². The van der Waals surface area contributed by atoms with Gasteiger partial charge in [-0.15, -0.1) is 0 Å². The fourth-order valence-corrected chi connectivity index (χ4v) is 2.10. The van der Waals surface area contributed by atoms with Crippen molar-refractivity contribution in [3.8, 4) is 17.4 Å². The van der Waals surface area contributed by atoms with Crippen LogP contribution in [0.4, 0.5) is 0 Å². The molecule has 1 amide bonds. The van der Waals surface area contributed by atoms with Crippen LogP contribution < -0.4 is 14.8 Å². The van der Waals surface area contributed by atoms with Gasteiger partial charge >= 0.3 is 0 Å². The highest BCUT2D eigenvalue weighted by Crippen LogP contribution is 2.21. The maximum atomic E-state index is 12.4. The van der Waals surface area contributed by atoms with E-state index in [0.29, 0.717) is 12.3 Å². The molecule has 0 atom stereocenters. The average molecular weight is 336 g/mol. The van der Waals surface area contributed by atoms with Crippen molar-refractivity contribution >= 4 is 5.91 Å². The second-order valence-corrected chi connectivity index (χ2v) is 5.06. The molecule has 0 spiro atoms. The number of carbonyl (C=O) groups excluding carboxylic acids is 1. The van der Waals surface area contributed by atoms with E-state index < -0.39 is 0 Å². The lowest BCUT2D eigenvalue weighted by molar-refractivity contribution is 0.0947. The molecule has 0 radical (unpaired) electrons. The Morgan fingerprint density at radius 1 is 1.08 bits per heavy atom. The quantitative estimate of drug-likeness (QED) is 0.744. The molecule has 126 valence electrons. The Kier molecular flexibility index (Phi) is 5.16. The molecular weight excluding hydrogens is 320 g/mol. The van der Waals surface area contributed by atoms with Gasteiger partial charge in [0.05, 0.1) is 13.3 Å². The zero-order valence-electron chi connectivity index (χ0n) is 13.5. The van der Waals surface area contributed by atoms with Gasteiger partial charge in [-0.2, -0.15) is 0 Å². The van der Waals surface area contributed by atoms with E-state index in [9.17, 15) is 4.79 Å². The highest BCUT2D eigenvalue weighted by atomic mass is 16.5. The summed E-state index contributed by atoms with van der Waals surface area (Å²) in [5, 5.41) is 2.82. The van der Waals surface area contributed by atoms with Gasteiger partial charge in [0, 0.05) is 18.9 Å². The van der Waals surface area contributed by atoms with Gasteiger partial charge in [-0.1, -0.05) is 12.1 Å². The molecule has 0 unspecified atom stereocenters. The van der Waals surface area contributed by atoms with Crippen LogP contribution in [0.3, 0.4) is 0 Å². The molecule has 0 bridgehead atoms. The molecule has 2 aromatic heterocycles. The van der Waals surface area contributed by atoms with Crippen LogP contribution in [-0.4, -0.2) is 28.0 Å². The fourth-order valence-electron chi connectivity index (χ4n) is 2.10. The van der Waals surface area contributed by atoms with Crippen LogP contribution in [0.2, 0.25) is 0 Å². The van der Waals surface area contributed by atoms with Crippen LogP contribution in [0, 0.1) is 0 Å². The number of hydrogen-bond acceptors (Lipinski definition) is 6. The Hall–Kier alpha value is -3.48. The van der Waals surface area contributed by atoms with Crippen molar-refractivity contribution in [1.82, 2.24) is 20.3 Å². The molecule has 1 aromatic carbocycles. The number of carbonyl (C=O) groups is 1. The summed E-state index contributed by atoms with van der Waals surface area (Å²) in [4.78, 5) is 24.3. The summed E-state index contributed by atoms with van der Waals surface area (Å²) >= 11 is 0. The number of amides is 1. The molecule has 3 rings (SSSR count). The lowest BCUT2D eigenvalue weighted by Gasteiger charge is -2.10. The maximum absolute atomic E-state index is 12.4. The monoisotopic (exact) mass is 336 g/mol. The van der Waals surface area contributed by atoms with Crippen molar-refractivity contribution in [2.75, 3.05) is 7.11 Å². The summed E-state index contributed by atoms with van der Waals surface area (Å²) < 4.78 is 10.7. The Balaban J connectivity index is 1.69. The van der Waals surface area contributed by atoms with Crippen molar-refractivity contribution in [1.29, 1.82) is 0 Å². The number of hydrogen-bond donors (Lipinski definition) is 1. The zero-order chi connectivity index (χ0) is 17.5. The van der Waals surface area contributed by atoms with Gasteiger partial charge in [-0.05, 0) is 29.8 Å². The topological polar surface area (TPSA) is 86.2 Å². The van der Waals surface area contributed by atoms with Crippen molar-refractivity contribution in [3.63, 3.8) is 0 Å². The molecular formula is C18H16N4O3. The first-order valence-corrected chi connectivity index (χ1v) is 7.55. The van der Waals surface area contributed by atoms with Gasteiger partial charge in [0.15, 0.2) is 0 Å². The van der Waals surface area contributed by atoms with Gasteiger partial charge < -0.3 is 14.8 Å². The SMILES string of the molecule is COc1ccc(CNC(=O)c2cncnc2Oc2cccnc2)cc1. The largest absolute Gasteiger partial charge is 0.497 e. The van der Waals surface area contributed by atoms with E-state index >= 15 is 0 Å². The smallest absolute Gasteiger partial charge is 0.258 e. The zero-order valence-corrected chi connectivity index (χ0v) is 13.5. The third-order valence-electron chi connectivity index (χ3n) is 3.38. The van der Waals surface area contributed by atoms with Crippen molar-refractivity contribution < 1.29 is 14.3 Å². The highest BCUT2D eigenvalue weighted by Gasteiger charge is 2.15. The summed E-state index contributed by atoms with van der Waals surface area (Å²) in [7, 11) is 1.61. The normalized spacial score (nSPS) is 10.1. The molecule has 0 aliphatic rings. The minimum atomic E-state index is -0.324. The third kappa shape index (κ3) is 4.29. The predicted molar refractivity (Wildman–Crippen MR) is 90.5 cm³/mol. The molecule has 0 aliphatic carbocycles. The standard InChI is InChI=1S/C18H16N4O3/c1-24-14-6-4-13(5-7-14)9-21-17(23)16-11-20-12-22-18(16)25-15-3-2-8-19-10-15/h2-8,10-12H,9H2,1H3,(H,21,23). The minimum absolute atomic E-state index is 0.176. The summed E-state index contributed by atoms with van der Waals surface area (Å²) in [6, 6.07) is 10.9. The second kappa shape index (κ2) is 7.87. The molecule has 0 fully saturated rings. The molecule has 1 N–H and O–H groups in total. The Bertz CT molecular complexity index is 838. The van der Waals surface area contributed by atoms with E-state index in [-0.39, 0.29) is 17.4 Å². The van der Waals surface area contributed by atoms with E-state index in [1.807, 2.05) is 24.3 Å². The van der Waals surface area contributed by atoms with Crippen LogP contribution in [0.15, 0.2) is 61.3 Å². The lowest BCUT2D eigenvalue weighted by Crippen LogP contribution is -2.23. The lowest BCUT2D eigenvalue weighted by atomic mass is 10.2. The highest BCUT2D eigenvalue weighted by molar-refractivity contribution is 5.96. The van der Waals surface area contributed by atoms with Gasteiger partial charge in [0.25, 0.3) is 5.91 Å². The Labute approximate surface area is 144 Å². The number of nitrogens with zero attached hydrogens (tertiary/aromatic N) is 3. The molecule has 7 nitrogen and oxygen atoms in total. The summed E-state index contributed by atoms with van der Waals surface area (Å²) in [6.45, 7) is 0.365. The molecule has 2 heterocycles. The van der Waals surface area contributed by atoms with Crippen LogP contribution in [0.5, 0.6) is 17.4 Å². The van der Waals surface area contributed by atoms with E-state index in [0.717, 1.165) is 11.3 Å². The molecule has 0 aliphatic heterocycles. The number of aromatic nitrogens is 3. The average Bonchev–Trinajstić information content (AvgIpc) is 2.68. The molecule has 7 heteroatoms. The Morgan fingerprint density at radius 3 is 2.64 bits per heavy atom. The first kappa shape index (κ1) is 16.4. The van der Waals surface area contributed by atoms with E-state index in [4.69, 9.17) is 9.47 Å². The van der Waals surface area contributed by atoms with Crippen LogP contribution in [0.1, 0.15) is 15.9 Å². The molecule has 3 aromatic rings. The third-order valence-corrected chi connectivity index (χ3v) is 3.38.